The van der Waals surface area contributed by atoms with Crippen molar-refractivity contribution in [2.75, 3.05) is 33.3 Å². The normalized spacial score (nSPS) is 16.2. The van der Waals surface area contributed by atoms with Crippen LogP contribution in [0, 0.1) is 0 Å². The largest absolute Gasteiger partial charge is 0.497 e. The van der Waals surface area contributed by atoms with Gasteiger partial charge in [-0.25, -0.2) is 0 Å². The predicted octanol–water partition coefficient (Wildman–Crippen LogP) is 1.15. The first kappa shape index (κ1) is 13.1. The minimum absolute atomic E-state index is 0.536. The van der Waals surface area contributed by atoms with Gasteiger partial charge in [0.1, 0.15) is 5.75 Å². The van der Waals surface area contributed by atoms with Crippen molar-refractivity contribution < 1.29 is 9.26 Å². The molecule has 1 aromatic heterocycles. The van der Waals surface area contributed by atoms with Gasteiger partial charge in [0.05, 0.1) is 13.7 Å². The Morgan fingerprint density at radius 2 is 2.20 bits per heavy atom. The smallest absolute Gasteiger partial charge is 0.258 e. The van der Waals surface area contributed by atoms with E-state index < -0.39 is 0 Å². The van der Waals surface area contributed by atoms with Crippen LogP contribution >= 0.6 is 0 Å². The molecule has 3 rings (SSSR count). The number of hydrogen-bond donors (Lipinski definition) is 1. The van der Waals surface area contributed by atoms with Crippen molar-refractivity contribution in [1.82, 2.24) is 20.4 Å². The van der Waals surface area contributed by atoms with E-state index in [-0.39, 0.29) is 0 Å². The summed E-state index contributed by atoms with van der Waals surface area (Å²) >= 11 is 0. The summed E-state index contributed by atoms with van der Waals surface area (Å²) in [6, 6.07) is 7.63. The van der Waals surface area contributed by atoms with E-state index >= 15 is 0 Å². The van der Waals surface area contributed by atoms with E-state index in [1.807, 2.05) is 24.3 Å². The third-order valence-corrected chi connectivity index (χ3v) is 3.36. The molecule has 106 valence electrons. The molecule has 20 heavy (non-hydrogen) atoms. The fourth-order valence-corrected chi connectivity index (χ4v) is 2.26. The highest BCUT2D eigenvalue weighted by Gasteiger charge is 2.15. The lowest BCUT2D eigenvalue weighted by atomic mass is 10.2. The third kappa shape index (κ3) is 2.97. The van der Waals surface area contributed by atoms with Crippen molar-refractivity contribution in [2.45, 2.75) is 6.54 Å². The van der Waals surface area contributed by atoms with Gasteiger partial charge in [-0.15, -0.1) is 0 Å². The van der Waals surface area contributed by atoms with Crippen molar-refractivity contribution in [3.8, 4) is 17.2 Å². The summed E-state index contributed by atoms with van der Waals surface area (Å²) in [6.07, 6.45) is 0. The van der Waals surface area contributed by atoms with Crippen LogP contribution in [-0.2, 0) is 6.54 Å². The van der Waals surface area contributed by atoms with Crippen LogP contribution in [0.2, 0.25) is 0 Å². The Morgan fingerprint density at radius 1 is 1.35 bits per heavy atom. The highest BCUT2D eigenvalue weighted by molar-refractivity contribution is 5.55. The molecule has 1 saturated heterocycles. The van der Waals surface area contributed by atoms with Crippen LogP contribution in [0.3, 0.4) is 0 Å². The summed E-state index contributed by atoms with van der Waals surface area (Å²) in [6.45, 7) is 4.79. The molecule has 0 bridgehead atoms. The zero-order chi connectivity index (χ0) is 13.8. The van der Waals surface area contributed by atoms with Crippen molar-refractivity contribution in [1.29, 1.82) is 0 Å². The van der Waals surface area contributed by atoms with E-state index in [0.717, 1.165) is 49.9 Å². The third-order valence-electron chi connectivity index (χ3n) is 3.36. The maximum atomic E-state index is 5.33. The predicted molar refractivity (Wildman–Crippen MR) is 74.4 cm³/mol. The molecule has 1 fully saturated rings. The Kier molecular flexibility index (Phi) is 3.94. The molecule has 2 aromatic rings. The SMILES string of the molecule is COc1cccc(-c2nc(CN3CCNCC3)no2)c1. The molecule has 6 nitrogen and oxygen atoms in total. The van der Waals surface area contributed by atoms with E-state index in [0.29, 0.717) is 5.89 Å². The molecule has 0 atom stereocenters. The molecule has 0 radical (unpaired) electrons. The van der Waals surface area contributed by atoms with Gasteiger partial charge in [-0.1, -0.05) is 11.2 Å². The zero-order valence-corrected chi connectivity index (χ0v) is 11.5. The zero-order valence-electron chi connectivity index (χ0n) is 11.5. The molecule has 1 N–H and O–H groups in total. The monoisotopic (exact) mass is 274 g/mol. The minimum Gasteiger partial charge on any atom is -0.497 e. The maximum Gasteiger partial charge on any atom is 0.258 e. The minimum atomic E-state index is 0.536. The Hall–Kier alpha value is -1.92. The van der Waals surface area contributed by atoms with E-state index in [4.69, 9.17) is 9.26 Å². The van der Waals surface area contributed by atoms with E-state index in [1.165, 1.54) is 0 Å². The first-order valence-corrected chi connectivity index (χ1v) is 6.75. The molecule has 0 spiro atoms. The Bertz CT molecular complexity index is 564. The summed E-state index contributed by atoms with van der Waals surface area (Å²) in [5.41, 5.74) is 0.878. The Balaban J connectivity index is 1.72. The van der Waals surface area contributed by atoms with Crippen LogP contribution in [0.4, 0.5) is 0 Å². The average Bonchev–Trinajstić information content (AvgIpc) is 2.97. The molecule has 0 amide bonds. The van der Waals surface area contributed by atoms with Crippen molar-refractivity contribution in [3.05, 3.63) is 30.1 Å². The van der Waals surface area contributed by atoms with E-state index in [9.17, 15) is 0 Å². The van der Waals surface area contributed by atoms with Crippen molar-refractivity contribution in [3.63, 3.8) is 0 Å². The summed E-state index contributed by atoms with van der Waals surface area (Å²) in [4.78, 5) is 6.77. The highest BCUT2D eigenvalue weighted by atomic mass is 16.5. The van der Waals surface area contributed by atoms with Gasteiger partial charge in [0.25, 0.3) is 5.89 Å². The number of hydrogen-bond acceptors (Lipinski definition) is 6. The Morgan fingerprint density at radius 3 is 3.00 bits per heavy atom. The summed E-state index contributed by atoms with van der Waals surface area (Å²) in [7, 11) is 1.64. The molecule has 1 aliphatic heterocycles. The molecule has 2 heterocycles. The quantitative estimate of drug-likeness (QED) is 0.902. The van der Waals surface area contributed by atoms with Gasteiger partial charge in [0.15, 0.2) is 5.82 Å². The van der Waals surface area contributed by atoms with Gasteiger partial charge in [-0.2, -0.15) is 4.98 Å². The highest BCUT2D eigenvalue weighted by Crippen LogP contribution is 2.22. The van der Waals surface area contributed by atoms with Gasteiger partial charge in [0, 0.05) is 31.7 Å². The van der Waals surface area contributed by atoms with Crippen LogP contribution in [0.1, 0.15) is 5.82 Å². The number of piperazine rings is 1. The van der Waals surface area contributed by atoms with Crippen LogP contribution in [0.5, 0.6) is 5.75 Å². The summed E-state index contributed by atoms with van der Waals surface area (Å²) in [5, 5.41) is 7.38. The number of nitrogens with one attached hydrogen (secondary N) is 1. The molecular formula is C14H18N4O2. The molecule has 0 aliphatic carbocycles. The Labute approximate surface area is 117 Å². The fourth-order valence-electron chi connectivity index (χ4n) is 2.26. The number of ether oxygens (including phenoxy) is 1. The van der Waals surface area contributed by atoms with Gasteiger partial charge < -0.3 is 14.6 Å². The summed E-state index contributed by atoms with van der Waals surface area (Å²) < 4.78 is 10.5. The lowest BCUT2D eigenvalue weighted by Gasteiger charge is -2.25. The summed E-state index contributed by atoms with van der Waals surface area (Å²) in [5.74, 6) is 2.04. The van der Waals surface area contributed by atoms with Gasteiger partial charge in [0.2, 0.25) is 0 Å². The molecular weight excluding hydrogens is 256 g/mol. The fraction of sp³-hybridized carbons (Fsp3) is 0.429. The molecule has 1 aliphatic rings. The number of aromatic nitrogens is 2. The lowest BCUT2D eigenvalue weighted by Crippen LogP contribution is -2.43. The standard InChI is InChI=1S/C14H18N4O2/c1-19-12-4-2-3-11(9-12)14-16-13(17-20-14)10-18-7-5-15-6-8-18/h2-4,9,15H,5-8,10H2,1H3. The van der Waals surface area contributed by atoms with Gasteiger partial charge in [-0.05, 0) is 18.2 Å². The second-order valence-corrected chi connectivity index (χ2v) is 4.77. The van der Waals surface area contributed by atoms with Crippen molar-refractivity contribution >= 4 is 0 Å². The molecule has 6 heteroatoms. The van der Waals surface area contributed by atoms with Crippen LogP contribution in [-0.4, -0.2) is 48.3 Å². The number of rotatable bonds is 4. The number of nitrogens with zero attached hydrogens (tertiary/aromatic N) is 3. The topological polar surface area (TPSA) is 63.4 Å². The lowest BCUT2D eigenvalue weighted by molar-refractivity contribution is 0.225. The van der Waals surface area contributed by atoms with Crippen LogP contribution in [0.15, 0.2) is 28.8 Å². The first-order chi connectivity index (χ1) is 9.85. The molecule has 0 saturated carbocycles. The number of benzene rings is 1. The van der Waals surface area contributed by atoms with E-state index in [2.05, 4.69) is 20.4 Å². The molecule has 1 aromatic carbocycles. The first-order valence-electron chi connectivity index (χ1n) is 6.75. The second-order valence-electron chi connectivity index (χ2n) is 4.77. The second kappa shape index (κ2) is 6.02. The van der Waals surface area contributed by atoms with E-state index in [1.54, 1.807) is 7.11 Å². The number of methoxy groups -OCH3 is 1. The molecule has 0 unspecified atom stereocenters. The van der Waals surface area contributed by atoms with Crippen LogP contribution in [0.25, 0.3) is 11.5 Å². The van der Waals surface area contributed by atoms with Gasteiger partial charge >= 0.3 is 0 Å². The van der Waals surface area contributed by atoms with Crippen molar-refractivity contribution in [2.24, 2.45) is 0 Å². The average molecular weight is 274 g/mol. The van der Waals surface area contributed by atoms with Crippen LogP contribution < -0.4 is 10.1 Å². The van der Waals surface area contributed by atoms with Gasteiger partial charge in [-0.3, -0.25) is 4.90 Å². The maximum absolute atomic E-state index is 5.33.